The Morgan fingerprint density at radius 3 is 1.89 bits per heavy atom. The van der Waals surface area contributed by atoms with Gasteiger partial charge in [-0.1, -0.05) is 17.7 Å². The maximum atomic E-state index is 12.8. The van der Waals surface area contributed by atoms with Gasteiger partial charge in [0.15, 0.2) is 0 Å². The average molecular weight is 365 g/mol. The van der Waals surface area contributed by atoms with E-state index in [1.807, 2.05) is 85.1 Å². The molecule has 0 radical (unpaired) electrons. The van der Waals surface area contributed by atoms with Crippen molar-refractivity contribution in [3.05, 3.63) is 64.7 Å². The first-order valence-corrected chi connectivity index (χ1v) is 9.30. The molecule has 5 nitrogen and oxygen atoms in total. The van der Waals surface area contributed by atoms with Gasteiger partial charge in [0.25, 0.3) is 11.8 Å². The number of aryl methyl sites for hydroxylation is 2. The maximum Gasteiger partial charge on any atom is 0.254 e. The van der Waals surface area contributed by atoms with Gasteiger partial charge in [-0.3, -0.25) is 9.59 Å². The summed E-state index contributed by atoms with van der Waals surface area (Å²) in [6.07, 6.45) is 0. The molecular weight excluding hydrogens is 338 g/mol. The van der Waals surface area contributed by atoms with Crippen LogP contribution in [0.1, 0.15) is 31.8 Å². The summed E-state index contributed by atoms with van der Waals surface area (Å²) in [7, 11) is 3.95. The van der Waals surface area contributed by atoms with Crippen LogP contribution in [0.3, 0.4) is 0 Å². The van der Waals surface area contributed by atoms with Crippen molar-refractivity contribution in [1.29, 1.82) is 0 Å². The van der Waals surface area contributed by atoms with Gasteiger partial charge in [-0.05, 0) is 49.7 Å². The van der Waals surface area contributed by atoms with Crippen molar-refractivity contribution in [2.75, 3.05) is 45.2 Å². The normalized spacial score (nSPS) is 14.2. The largest absolute Gasteiger partial charge is 0.378 e. The predicted molar refractivity (Wildman–Crippen MR) is 108 cm³/mol. The molecule has 0 bridgehead atoms. The number of benzene rings is 2. The van der Waals surface area contributed by atoms with Crippen LogP contribution in [0.5, 0.6) is 0 Å². The Morgan fingerprint density at radius 2 is 1.37 bits per heavy atom. The molecule has 0 atom stereocenters. The molecule has 0 saturated carbocycles. The summed E-state index contributed by atoms with van der Waals surface area (Å²) < 4.78 is 0. The second kappa shape index (κ2) is 7.82. The van der Waals surface area contributed by atoms with E-state index in [4.69, 9.17) is 0 Å². The highest BCUT2D eigenvalue weighted by atomic mass is 16.2. The summed E-state index contributed by atoms with van der Waals surface area (Å²) in [4.78, 5) is 31.2. The molecule has 1 aliphatic heterocycles. The molecule has 142 valence electrons. The van der Waals surface area contributed by atoms with Gasteiger partial charge in [-0.25, -0.2) is 0 Å². The molecule has 27 heavy (non-hydrogen) atoms. The van der Waals surface area contributed by atoms with Crippen LogP contribution in [0.15, 0.2) is 42.5 Å². The Bertz CT molecular complexity index is 835. The minimum atomic E-state index is 0.0268. The van der Waals surface area contributed by atoms with E-state index < -0.39 is 0 Å². The molecule has 0 unspecified atom stereocenters. The number of hydrogen-bond acceptors (Lipinski definition) is 3. The lowest BCUT2D eigenvalue weighted by atomic mass is 10.0. The minimum absolute atomic E-state index is 0.0268. The van der Waals surface area contributed by atoms with Gasteiger partial charge < -0.3 is 14.7 Å². The molecule has 0 spiro atoms. The second-order valence-corrected chi connectivity index (χ2v) is 7.34. The van der Waals surface area contributed by atoms with Crippen molar-refractivity contribution in [2.24, 2.45) is 0 Å². The zero-order valence-corrected chi connectivity index (χ0v) is 16.5. The summed E-state index contributed by atoms with van der Waals surface area (Å²) in [6, 6.07) is 13.5. The first-order chi connectivity index (χ1) is 12.9. The second-order valence-electron chi connectivity index (χ2n) is 7.34. The highest BCUT2D eigenvalue weighted by Gasteiger charge is 2.26. The fourth-order valence-corrected chi connectivity index (χ4v) is 3.42. The third-order valence-corrected chi connectivity index (χ3v) is 5.10. The van der Waals surface area contributed by atoms with E-state index in [2.05, 4.69) is 0 Å². The van der Waals surface area contributed by atoms with Gasteiger partial charge >= 0.3 is 0 Å². The van der Waals surface area contributed by atoms with Crippen LogP contribution in [0.25, 0.3) is 0 Å². The van der Waals surface area contributed by atoms with E-state index in [0.717, 1.165) is 22.4 Å². The van der Waals surface area contributed by atoms with Gasteiger partial charge in [0, 0.05) is 57.1 Å². The Morgan fingerprint density at radius 1 is 0.815 bits per heavy atom. The molecule has 2 amide bonds. The number of carbonyl (C=O) groups excluding carboxylic acids is 2. The fourth-order valence-electron chi connectivity index (χ4n) is 3.42. The monoisotopic (exact) mass is 365 g/mol. The molecule has 0 N–H and O–H groups in total. The third-order valence-electron chi connectivity index (χ3n) is 5.10. The van der Waals surface area contributed by atoms with Gasteiger partial charge in [-0.15, -0.1) is 0 Å². The third kappa shape index (κ3) is 4.13. The number of piperazine rings is 1. The lowest BCUT2D eigenvalue weighted by Crippen LogP contribution is -2.50. The Labute approximate surface area is 161 Å². The highest BCUT2D eigenvalue weighted by Crippen LogP contribution is 2.17. The molecule has 3 rings (SSSR count). The fraction of sp³-hybridized carbons (Fsp3) is 0.364. The van der Waals surface area contributed by atoms with Crippen LogP contribution >= 0.6 is 0 Å². The zero-order chi connectivity index (χ0) is 19.6. The number of rotatable bonds is 3. The molecule has 1 heterocycles. The van der Waals surface area contributed by atoms with Crippen LogP contribution in [-0.2, 0) is 0 Å². The standard InChI is InChI=1S/C22H27N3O2/c1-16-5-10-20(17(2)15-16)22(27)25-13-11-24(12-14-25)21(26)18-6-8-19(9-7-18)23(3)4/h5-10,15H,11-14H2,1-4H3. The smallest absolute Gasteiger partial charge is 0.254 e. The van der Waals surface area contributed by atoms with E-state index in [1.54, 1.807) is 0 Å². The van der Waals surface area contributed by atoms with Crippen LogP contribution in [0, 0.1) is 13.8 Å². The summed E-state index contributed by atoms with van der Waals surface area (Å²) in [5.41, 5.74) is 4.66. The van der Waals surface area contributed by atoms with Gasteiger partial charge in [0.2, 0.25) is 0 Å². The number of amides is 2. The molecule has 5 heteroatoms. The molecule has 1 fully saturated rings. The van der Waals surface area contributed by atoms with E-state index in [1.165, 1.54) is 0 Å². The van der Waals surface area contributed by atoms with Crippen molar-refractivity contribution in [3.63, 3.8) is 0 Å². The summed E-state index contributed by atoms with van der Waals surface area (Å²) in [5.74, 6) is 0.0776. The van der Waals surface area contributed by atoms with E-state index in [9.17, 15) is 9.59 Å². The summed E-state index contributed by atoms with van der Waals surface area (Å²) in [5, 5.41) is 0. The van der Waals surface area contributed by atoms with Crippen molar-refractivity contribution in [1.82, 2.24) is 9.80 Å². The van der Waals surface area contributed by atoms with E-state index in [-0.39, 0.29) is 11.8 Å². The lowest BCUT2D eigenvalue weighted by molar-refractivity contribution is 0.0535. The van der Waals surface area contributed by atoms with Crippen molar-refractivity contribution < 1.29 is 9.59 Å². The zero-order valence-electron chi connectivity index (χ0n) is 16.5. The molecule has 2 aromatic rings. The van der Waals surface area contributed by atoms with E-state index in [0.29, 0.717) is 31.7 Å². The van der Waals surface area contributed by atoms with Gasteiger partial charge in [0.05, 0.1) is 0 Å². The number of nitrogens with zero attached hydrogens (tertiary/aromatic N) is 3. The molecule has 1 aliphatic rings. The highest BCUT2D eigenvalue weighted by molar-refractivity contribution is 5.97. The summed E-state index contributed by atoms with van der Waals surface area (Å²) in [6.45, 7) is 6.24. The number of anilines is 1. The average Bonchev–Trinajstić information content (AvgIpc) is 2.67. The molecule has 2 aromatic carbocycles. The number of carbonyl (C=O) groups is 2. The SMILES string of the molecule is Cc1ccc(C(=O)N2CCN(C(=O)c3ccc(N(C)C)cc3)CC2)c(C)c1. The molecule has 0 aliphatic carbocycles. The maximum absolute atomic E-state index is 12.8. The van der Waals surface area contributed by atoms with Crippen molar-refractivity contribution >= 4 is 17.5 Å². The Hall–Kier alpha value is -2.82. The topological polar surface area (TPSA) is 43.9 Å². The van der Waals surface area contributed by atoms with Crippen LogP contribution in [0.4, 0.5) is 5.69 Å². The van der Waals surface area contributed by atoms with Gasteiger partial charge in [-0.2, -0.15) is 0 Å². The first-order valence-electron chi connectivity index (χ1n) is 9.30. The van der Waals surface area contributed by atoms with Crippen molar-refractivity contribution in [2.45, 2.75) is 13.8 Å². The van der Waals surface area contributed by atoms with Gasteiger partial charge in [0.1, 0.15) is 0 Å². The Kier molecular flexibility index (Phi) is 5.49. The molecule has 0 aromatic heterocycles. The minimum Gasteiger partial charge on any atom is -0.378 e. The van der Waals surface area contributed by atoms with Crippen LogP contribution in [-0.4, -0.2) is 61.9 Å². The van der Waals surface area contributed by atoms with Crippen molar-refractivity contribution in [3.8, 4) is 0 Å². The Balaban J connectivity index is 1.62. The molecular formula is C22H27N3O2. The molecule has 1 saturated heterocycles. The number of hydrogen-bond donors (Lipinski definition) is 0. The van der Waals surface area contributed by atoms with Crippen LogP contribution in [0.2, 0.25) is 0 Å². The summed E-state index contributed by atoms with van der Waals surface area (Å²) >= 11 is 0. The van der Waals surface area contributed by atoms with Crippen LogP contribution < -0.4 is 4.90 Å². The predicted octanol–water partition coefficient (Wildman–Crippen LogP) is 2.97. The first kappa shape index (κ1) is 19.0. The quantitative estimate of drug-likeness (QED) is 0.840. The lowest BCUT2D eigenvalue weighted by Gasteiger charge is -2.35. The van der Waals surface area contributed by atoms with E-state index >= 15 is 0 Å².